The minimum absolute atomic E-state index is 0.00811. The molecule has 1 aliphatic rings. The monoisotopic (exact) mass is 434 g/mol. The van der Waals surface area contributed by atoms with Crippen LogP contribution in [0.2, 0.25) is 0 Å². The molecule has 0 saturated carbocycles. The lowest BCUT2D eigenvalue weighted by Gasteiger charge is -2.32. The summed E-state index contributed by atoms with van der Waals surface area (Å²) in [7, 11) is 0. The Balaban J connectivity index is 1.31. The summed E-state index contributed by atoms with van der Waals surface area (Å²) in [6, 6.07) is 18.0. The number of ketones is 1. The number of hydrogen-bond acceptors (Lipinski definition) is 3. The van der Waals surface area contributed by atoms with E-state index in [0.717, 1.165) is 43.7 Å². The molecule has 0 radical (unpaired) electrons. The van der Waals surface area contributed by atoms with Gasteiger partial charge < -0.3 is 10.2 Å². The van der Waals surface area contributed by atoms with Crippen LogP contribution in [-0.4, -0.2) is 36.2 Å². The molecule has 4 heteroatoms. The number of Topliss-reactive ketones (excluding diaryl/α,β-unsaturated/α-hetero) is 1. The van der Waals surface area contributed by atoms with Crippen LogP contribution in [-0.2, 0) is 4.79 Å². The highest BCUT2D eigenvalue weighted by atomic mass is 16.1. The smallest absolute Gasteiger partial charge is 0.226 e. The molecule has 0 atom stereocenters. The van der Waals surface area contributed by atoms with Gasteiger partial charge in [-0.25, -0.2) is 0 Å². The summed E-state index contributed by atoms with van der Waals surface area (Å²) >= 11 is 0. The third-order valence-corrected chi connectivity index (χ3v) is 6.46. The predicted octanol–water partition coefficient (Wildman–Crippen LogP) is 6.29. The SMILES string of the molecule is CC(C)C(=O)Nc1cccc(C2CCN(CCCCCCC(=O)c3ccccc3)CC2)c1. The summed E-state index contributed by atoms with van der Waals surface area (Å²) in [5, 5.41) is 3.02. The summed E-state index contributed by atoms with van der Waals surface area (Å²) in [5.74, 6) is 0.902. The number of rotatable bonds is 11. The zero-order chi connectivity index (χ0) is 22.8. The van der Waals surface area contributed by atoms with Crippen LogP contribution in [0.15, 0.2) is 54.6 Å². The quantitative estimate of drug-likeness (QED) is 0.334. The molecule has 1 heterocycles. The average Bonchev–Trinajstić information content (AvgIpc) is 2.82. The Labute approximate surface area is 193 Å². The second kappa shape index (κ2) is 12.5. The number of unbranched alkanes of at least 4 members (excludes halogenated alkanes) is 3. The number of anilines is 1. The minimum Gasteiger partial charge on any atom is -0.326 e. The molecular formula is C28H38N2O2. The van der Waals surface area contributed by atoms with Crippen LogP contribution in [0.25, 0.3) is 0 Å². The number of nitrogens with zero attached hydrogens (tertiary/aromatic N) is 1. The van der Waals surface area contributed by atoms with Crippen LogP contribution in [0.3, 0.4) is 0 Å². The Hall–Kier alpha value is -2.46. The lowest BCUT2D eigenvalue weighted by molar-refractivity contribution is -0.118. The van der Waals surface area contributed by atoms with Gasteiger partial charge >= 0.3 is 0 Å². The van der Waals surface area contributed by atoms with Crippen LogP contribution in [0.5, 0.6) is 0 Å². The highest BCUT2D eigenvalue weighted by molar-refractivity contribution is 5.95. The molecule has 0 spiro atoms. The average molecular weight is 435 g/mol. The molecule has 172 valence electrons. The van der Waals surface area contributed by atoms with E-state index in [9.17, 15) is 9.59 Å². The standard InChI is InChI=1S/C28H38N2O2/c1-22(2)28(32)29-26-14-10-13-25(21-26)23-16-19-30(20-17-23)18-9-4-3-8-15-27(31)24-11-6-5-7-12-24/h5-7,10-14,21-23H,3-4,8-9,15-20H2,1-2H3,(H,29,32). The third kappa shape index (κ3) is 7.59. The normalized spacial score (nSPS) is 15.1. The number of benzene rings is 2. The van der Waals surface area contributed by atoms with Crippen molar-refractivity contribution in [3.63, 3.8) is 0 Å². The van der Waals surface area contributed by atoms with E-state index in [0.29, 0.717) is 12.3 Å². The molecule has 1 amide bonds. The van der Waals surface area contributed by atoms with E-state index in [1.165, 1.54) is 31.2 Å². The Bertz CT molecular complexity index is 855. The highest BCUT2D eigenvalue weighted by Crippen LogP contribution is 2.29. The van der Waals surface area contributed by atoms with Gasteiger partial charge in [0.2, 0.25) is 5.91 Å². The van der Waals surface area contributed by atoms with Crippen LogP contribution in [0.4, 0.5) is 5.69 Å². The first-order valence-electron chi connectivity index (χ1n) is 12.2. The van der Waals surface area contributed by atoms with E-state index in [-0.39, 0.29) is 17.6 Å². The number of nitrogens with one attached hydrogen (secondary N) is 1. The predicted molar refractivity (Wildman–Crippen MR) is 132 cm³/mol. The number of amides is 1. The van der Waals surface area contributed by atoms with Crippen molar-refractivity contribution in [3.05, 3.63) is 65.7 Å². The van der Waals surface area contributed by atoms with E-state index < -0.39 is 0 Å². The maximum atomic E-state index is 12.1. The highest BCUT2D eigenvalue weighted by Gasteiger charge is 2.20. The van der Waals surface area contributed by atoms with Gasteiger partial charge in [-0.3, -0.25) is 9.59 Å². The first kappa shape index (κ1) is 24.2. The van der Waals surface area contributed by atoms with Crippen molar-refractivity contribution in [2.45, 2.75) is 64.7 Å². The Kier molecular flexibility index (Phi) is 9.48. The number of piperidine rings is 1. The maximum Gasteiger partial charge on any atom is 0.226 e. The van der Waals surface area contributed by atoms with Crippen molar-refractivity contribution in [3.8, 4) is 0 Å². The summed E-state index contributed by atoms with van der Waals surface area (Å²) in [6.45, 7) is 7.27. The van der Waals surface area contributed by atoms with E-state index in [2.05, 4.69) is 28.4 Å². The molecule has 0 unspecified atom stereocenters. The van der Waals surface area contributed by atoms with Crippen molar-refractivity contribution in [2.24, 2.45) is 5.92 Å². The second-order valence-corrected chi connectivity index (χ2v) is 9.34. The van der Waals surface area contributed by atoms with Gasteiger partial charge in [0.15, 0.2) is 5.78 Å². The lowest BCUT2D eigenvalue weighted by atomic mass is 9.89. The van der Waals surface area contributed by atoms with Crippen LogP contribution >= 0.6 is 0 Å². The Morgan fingerprint density at radius 3 is 2.38 bits per heavy atom. The molecule has 2 aromatic carbocycles. The first-order chi connectivity index (χ1) is 15.5. The molecule has 0 aromatic heterocycles. The first-order valence-corrected chi connectivity index (χ1v) is 12.2. The van der Waals surface area contributed by atoms with Gasteiger partial charge in [0.25, 0.3) is 0 Å². The van der Waals surface area contributed by atoms with Gasteiger partial charge in [0.1, 0.15) is 0 Å². The zero-order valence-electron chi connectivity index (χ0n) is 19.7. The van der Waals surface area contributed by atoms with E-state index >= 15 is 0 Å². The minimum atomic E-state index is -0.00811. The fourth-order valence-corrected chi connectivity index (χ4v) is 4.39. The topological polar surface area (TPSA) is 49.4 Å². The summed E-state index contributed by atoms with van der Waals surface area (Å²) in [6.07, 6.45) is 7.52. The van der Waals surface area contributed by atoms with Crippen LogP contribution < -0.4 is 5.32 Å². The third-order valence-electron chi connectivity index (χ3n) is 6.46. The molecule has 1 N–H and O–H groups in total. The number of carbonyl (C=O) groups is 2. The van der Waals surface area contributed by atoms with Crippen molar-refractivity contribution >= 4 is 17.4 Å². The molecule has 0 bridgehead atoms. The van der Waals surface area contributed by atoms with Gasteiger partial charge in [-0.05, 0) is 68.9 Å². The molecule has 1 aliphatic heterocycles. The molecular weight excluding hydrogens is 396 g/mol. The summed E-state index contributed by atoms with van der Waals surface area (Å²) in [4.78, 5) is 26.7. The lowest BCUT2D eigenvalue weighted by Crippen LogP contribution is -2.33. The number of carbonyl (C=O) groups excluding carboxylic acids is 2. The van der Waals surface area contributed by atoms with Crippen LogP contribution in [0, 0.1) is 5.92 Å². The largest absolute Gasteiger partial charge is 0.326 e. The van der Waals surface area contributed by atoms with Gasteiger partial charge in [-0.15, -0.1) is 0 Å². The van der Waals surface area contributed by atoms with Gasteiger partial charge in [0, 0.05) is 23.6 Å². The second-order valence-electron chi connectivity index (χ2n) is 9.34. The van der Waals surface area contributed by atoms with E-state index in [1.807, 2.05) is 50.2 Å². The molecule has 0 aliphatic carbocycles. The molecule has 1 saturated heterocycles. The molecule has 3 rings (SSSR count). The fourth-order valence-electron chi connectivity index (χ4n) is 4.39. The number of hydrogen-bond donors (Lipinski definition) is 1. The summed E-state index contributed by atoms with van der Waals surface area (Å²) in [5.41, 5.74) is 3.09. The molecule has 2 aromatic rings. The fraction of sp³-hybridized carbons (Fsp3) is 0.500. The van der Waals surface area contributed by atoms with Crippen molar-refractivity contribution in [1.29, 1.82) is 0 Å². The zero-order valence-corrected chi connectivity index (χ0v) is 19.7. The Morgan fingerprint density at radius 1 is 0.938 bits per heavy atom. The van der Waals surface area contributed by atoms with Crippen molar-refractivity contribution < 1.29 is 9.59 Å². The molecule has 4 nitrogen and oxygen atoms in total. The molecule has 32 heavy (non-hydrogen) atoms. The van der Waals surface area contributed by atoms with Crippen molar-refractivity contribution in [2.75, 3.05) is 25.0 Å². The van der Waals surface area contributed by atoms with Gasteiger partial charge in [-0.1, -0.05) is 69.2 Å². The number of likely N-dealkylation sites (tertiary alicyclic amines) is 1. The van der Waals surface area contributed by atoms with Crippen LogP contribution in [0.1, 0.15) is 80.6 Å². The van der Waals surface area contributed by atoms with Gasteiger partial charge in [-0.2, -0.15) is 0 Å². The summed E-state index contributed by atoms with van der Waals surface area (Å²) < 4.78 is 0. The van der Waals surface area contributed by atoms with E-state index in [4.69, 9.17) is 0 Å². The van der Waals surface area contributed by atoms with Crippen molar-refractivity contribution in [1.82, 2.24) is 4.90 Å². The van der Waals surface area contributed by atoms with E-state index in [1.54, 1.807) is 0 Å². The Morgan fingerprint density at radius 2 is 1.66 bits per heavy atom. The molecule has 1 fully saturated rings. The van der Waals surface area contributed by atoms with Gasteiger partial charge in [0.05, 0.1) is 0 Å². The maximum absolute atomic E-state index is 12.1.